The molecule has 0 aliphatic heterocycles. The maximum Gasteiger partial charge on any atom is 0.389 e. The van der Waals surface area contributed by atoms with Crippen LogP contribution in [0.4, 0.5) is 13.2 Å². The summed E-state index contributed by atoms with van der Waals surface area (Å²) in [5, 5.41) is 11.3. The zero-order valence-electron chi connectivity index (χ0n) is 23.9. The summed E-state index contributed by atoms with van der Waals surface area (Å²) >= 11 is 0. The van der Waals surface area contributed by atoms with Crippen molar-refractivity contribution in [2.75, 3.05) is 0 Å². The molecule has 1 N–H and O–H groups in total. The van der Waals surface area contributed by atoms with Crippen LogP contribution in [0.25, 0.3) is 32.9 Å². The summed E-state index contributed by atoms with van der Waals surface area (Å²) in [7, 11) is 0. The van der Waals surface area contributed by atoms with Crippen LogP contribution in [0.2, 0.25) is 0 Å². The maximum absolute atomic E-state index is 13.1. The van der Waals surface area contributed by atoms with Crippen LogP contribution in [0, 0.1) is 19.9 Å². The molecule has 0 aliphatic rings. The van der Waals surface area contributed by atoms with Gasteiger partial charge in [-0.05, 0) is 62.3 Å². The summed E-state index contributed by atoms with van der Waals surface area (Å²) in [6.07, 6.45) is -3.96. The third-order valence-electron chi connectivity index (χ3n) is 6.28. The Balaban J connectivity index is 0.000000623. The van der Waals surface area contributed by atoms with Crippen molar-refractivity contribution in [2.45, 2.75) is 72.9 Å². The number of allylic oxidation sites excluding steroid dienone is 2. The number of carbonyl (C=O) groups is 1. The Morgan fingerprint density at radius 1 is 1.02 bits per heavy atom. The molecule has 0 atom stereocenters. The van der Waals surface area contributed by atoms with Crippen LogP contribution in [0.1, 0.15) is 63.3 Å². The zero-order chi connectivity index (χ0) is 29.1. The van der Waals surface area contributed by atoms with Gasteiger partial charge in [0, 0.05) is 43.7 Å². The fourth-order valence-electron chi connectivity index (χ4n) is 4.74. The van der Waals surface area contributed by atoms with Crippen LogP contribution in [-0.4, -0.2) is 22.1 Å². The first-order valence-corrected chi connectivity index (χ1v) is 12.9. The second-order valence-corrected chi connectivity index (χ2v) is 11.0. The van der Waals surface area contributed by atoms with Crippen molar-refractivity contribution in [3.05, 3.63) is 88.7 Å². The van der Waals surface area contributed by atoms with E-state index in [2.05, 4.69) is 39.0 Å². The van der Waals surface area contributed by atoms with E-state index in [9.17, 15) is 18.0 Å². The summed E-state index contributed by atoms with van der Waals surface area (Å²) in [6.45, 7) is 13.3. The van der Waals surface area contributed by atoms with E-state index in [-0.39, 0.29) is 43.5 Å². The molecule has 0 saturated carbocycles. The van der Waals surface area contributed by atoms with E-state index in [1.165, 1.54) is 25.5 Å². The third-order valence-corrected chi connectivity index (χ3v) is 6.28. The molecule has 4 aromatic rings. The Hall–Kier alpha value is -3.02. The Kier molecular flexibility index (Phi) is 10.9. The number of nitrogens with zero attached hydrogens (tertiary/aromatic N) is 1. The number of hydrogen-bond donors (Lipinski definition) is 1. The van der Waals surface area contributed by atoms with Crippen LogP contribution >= 0.6 is 0 Å². The number of hydrogen-bond acceptors (Lipinski definition) is 3. The molecule has 0 saturated heterocycles. The van der Waals surface area contributed by atoms with E-state index in [4.69, 9.17) is 10.1 Å². The van der Waals surface area contributed by atoms with Crippen molar-refractivity contribution in [3.8, 4) is 11.3 Å². The largest absolute Gasteiger partial charge is 0.512 e. The molecule has 0 bridgehead atoms. The first-order chi connectivity index (χ1) is 18.0. The number of halogens is 3. The minimum Gasteiger partial charge on any atom is -0.512 e. The van der Waals surface area contributed by atoms with Gasteiger partial charge in [0.2, 0.25) is 0 Å². The second-order valence-electron chi connectivity index (χ2n) is 11.0. The first-order valence-electron chi connectivity index (χ1n) is 12.9. The minimum atomic E-state index is -4.21. The number of carbonyl (C=O) groups excluding carboxylic acids is 1. The molecule has 3 aromatic carbocycles. The quantitative estimate of drug-likeness (QED) is 0.130. The smallest absolute Gasteiger partial charge is 0.389 e. The van der Waals surface area contributed by atoms with E-state index in [1.54, 1.807) is 0 Å². The molecule has 4 rings (SSSR count). The van der Waals surface area contributed by atoms with E-state index >= 15 is 0 Å². The van der Waals surface area contributed by atoms with Gasteiger partial charge in [-0.25, -0.2) is 0 Å². The Bertz CT molecular complexity index is 1550. The minimum absolute atomic E-state index is 0. The van der Waals surface area contributed by atoms with Gasteiger partial charge < -0.3 is 5.11 Å². The van der Waals surface area contributed by atoms with Gasteiger partial charge in [0.15, 0.2) is 5.78 Å². The van der Waals surface area contributed by atoms with Crippen LogP contribution in [0.15, 0.2) is 60.4 Å². The zero-order valence-corrected chi connectivity index (χ0v) is 26.3. The molecule has 1 radical (unpaired) electrons. The first kappa shape index (κ1) is 33.2. The SMILES string of the molecule is CC(=O)/C=C(/C)O.Cc1cc(C)c2c(CCC(F)(F)F)cc(-c3[c-]c4ccccc4c(C(C)(C)C)c3)nc2c1.[Ir]. The van der Waals surface area contributed by atoms with Crippen molar-refractivity contribution >= 4 is 27.5 Å². The van der Waals surface area contributed by atoms with E-state index in [1.807, 2.05) is 50.2 Å². The van der Waals surface area contributed by atoms with Gasteiger partial charge in [0.05, 0.1) is 11.3 Å². The van der Waals surface area contributed by atoms with Crippen LogP contribution in [0.5, 0.6) is 0 Å². The Morgan fingerprint density at radius 2 is 1.68 bits per heavy atom. The summed E-state index contributed by atoms with van der Waals surface area (Å²) in [5.74, 6) is -0.0625. The van der Waals surface area contributed by atoms with Gasteiger partial charge in [-0.3, -0.25) is 9.78 Å². The molecule has 1 aromatic heterocycles. The molecule has 3 nitrogen and oxygen atoms in total. The van der Waals surface area contributed by atoms with E-state index in [0.717, 1.165) is 38.4 Å². The number of benzene rings is 3. The van der Waals surface area contributed by atoms with E-state index in [0.29, 0.717) is 11.3 Å². The molecule has 1 heterocycles. The topological polar surface area (TPSA) is 50.2 Å². The average molecular weight is 727 g/mol. The molecular weight excluding hydrogens is 692 g/mol. The van der Waals surface area contributed by atoms with Gasteiger partial charge >= 0.3 is 6.18 Å². The Labute approximate surface area is 247 Å². The van der Waals surface area contributed by atoms with Gasteiger partial charge in [-0.2, -0.15) is 13.2 Å². The van der Waals surface area contributed by atoms with Gasteiger partial charge in [0.1, 0.15) is 0 Å². The number of ketones is 1. The number of aryl methyl sites for hydroxylation is 3. The molecule has 0 amide bonds. The monoisotopic (exact) mass is 727 g/mol. The number of fused-ring (bicyclic) bond motifs is 2. The number of aliphatic hydroxyl groups excluding tert-OH is 1. The average Bonchev–Trinajstić information content (AvgIpc) is 2.79. The summed E-state index contributed by atoms with van der Waals surface area (Å²) in [4.78, 5) is 14.9. The summed E-state index contributed by atoms with van der Waals surface area (Å²) in [6, 6.07) is 19.4. The van der Waals surface area contributed by atoms with Gasteiger partial charge in [0.25, 0.3) is 0 Å². The van der Waals surface area contributed by atoms with Crippen LogP contribution in [0.3, 0.4) is 0 Å². The number of alkyl halides is 3. The fourth-order valence-corrected chi connectivity index (χ4v) is 4.74. The predicted octanol–water partition coefficient (Wildman–Crippen LogP) is 9.30. The standard InChI is InChI=1S/C28H27F3N.C5H8O2.Ir/c1-17-12-18(2)26-20(10-11-28(29,30)31)16-24(32-25(26)13-17)21-14-19-8-6-7-9-22(19)23(15-21)27(3,4)5;1-4(6)3-5(2)7;/h6-9,12-13,15-16H,10-11H2,1-5H3;3,6H,1-2H3;/q-1;;/b;4-3-;. The molecule has 0 aliphatic carbocycles. The number of pyridine rings is 1. The predicted molar refractivity (Wildman–Crippen MR) is 153 cm³/mol. The second kappa shape index (κ2) is 13.1. The van der Waals surface area contributed by atoms with Crippen LogP contribution in [-0.2, 0) is 36.7 Å². The summed E-state index contributed by atoms with van der Waals surface area (Å²) < 4.78 is 39.2. The molecular formula is C33H35F3IrNO2-. The molecule has 40 heavy (non-hydrogen) atoms. The summed E-state index contributed by atoms with van der Waals surface area (Å²) in [5.41, 5.74) is 5.94. The number of rotatable bonds is 4. The van der Waals surface area contributed by atoms with E-state index < -0.39 is 12.6 Å². The fraction of sp³-hybridized carbons (Fsp3) is 0.333. The molecule has 215 valence electrons. The number of aliphatic hydroxyl groups is 1. The third kappa shape index (κ3) is 8.74. The van der Waals surface area contributed by atoms with Crippen molar-refractivity contribution < 1.29 is 43.2 Å². The van der Waals surface area contributed by atoms with Crippen molar-refractivity contribution in [2.24, 2.45) is 0 Å². The van der Waals surface area contributed by atoms with Gasteiger partial charge in [-0.1, -0.05) is 62.1 Å². The normalized spacial score (nSPS) is 12.1. The molecule has 0 spiro atoms. The molecule has 7 heteroatoms. The van der Waals surface area contributed by atoms with Crippen molar-refractivity contribution in [1.82, 2.24) is 4.98 Å². The van der Waals surface area contributed by atoms with Crippen molar-refractivity contribution in [3.63, 3.8) is 0 Å². The van der Waals surface area contributed by atoms with Crippen LogP contribution < -0.4 is 0 Å². The number of aromatic nitrogens is 1. The van der Waals surface area contributed by atoms with Gasteiger partial charge in [-0.15, -0.1) is 29.1 Å². The Morgan fingerprint density at radius 3 is 2.23 bits per heavy atom. The molecule has 0 fully saturated rings. The molecule has 0 unspecified atom stereocenters. The van der Waals surface area contributed by atoms with Crippen molar-refractivity contribution in [1.29, 1.82) is 0 Å². The maximum atomic E-state index is 13.1.